The molecule has 0 aliphatic heterocycles. The van der Waals surface area contributed by atoms with Crippen molar-refractivity contribution in [2.45, 2.75) is 43.7 Å². The lowest BCUT2D eigenvalue weighted by Gasteiger charge is -2.24. The highest BCUT2D eigenvalue weighted by atomic mass is 32.2. The Morgan fingerprint density at radius 2 is 1.83 bits per heavy atom. The lowest BCUT2D eigenvalue weighted by atomic mass is 9.99. The lowest BCUT2D eigenvalue weighted by molar-refractivity contribution is -0.137. The molecule has 1 aliphatic rings. The number of nitrogens with one attached hydrogen (secondary N) is 2. The van der Waals surface area contributed by atoms with Gasteiger partial charge in [0.25, 0.3) is 5.91 Å². The van der Waals surface area contributed by atoms with Gasteiger partial charge in [0.1, 0.15) is 5.82 Å². The molecule has 1 aromatic carbocycles. The van der Waals surface area contributed by atoms with Gasteiger partial charge in [-0.25, -0.2) is 17.8 Å². The number of aromatic nitrogens is 2. The first kappa shape index (κ1) is 25.0. The number of pyridine rings is 1. The summed E-state index contributed by atoms with van der Waals surface area (Å²) in [5.74, 6) is -1.70. The number of amides is 1. The molecule has 13 heteroatoms. The highest BCUT2D eigenvalue weighted by molar-refractivity contribution is 7.93. The van der Waals surface area contributed by atoms with Crippen LogP contribution in [-0.2, 0) is 21.7 Å². The molecule has 0 radical (unpaired) electrons. The normalized spacial score (nSPS) is 14.6. The van der Waals surface area contributed by atoms with Crippen LogP contribution in [0.2, 0.25) is 0 Å². The van der Waals surface area contributed by atoms with Gasteiger partial charge >= 0.3 is 6.18 Å². The van der Waals surface area contributed by atoms with Crippen LogP contribution < -0.4 is 10.0 Å². The van der Waals surface area contributed by atoms with E-state index in [0.29, 0.717) is 24.7 Å². The molecule has 3 aromatic rings. The summed E-state index contributed by atoms with van der Waals surface area (Å²) in [7, 11) is -3.49. The molecule has 1 saturated carbocycles. The number of hydrogen-bond donors (Lipinski definition) is 2. The van der Waals surface area contributed by atoms with Crippen molar-refractivity contribution in [3.63, 3.8) is 0 Å². The molecule has 4 rings (SSSR count). The summed E-state index contributed by atoms with van der Waals surface area (Å²) in [4.78, 5) is 20.6. The van der Waals surface area contributed by atoms with E-state index in [4.69, 9.17) is 0 Å². The zero-order valence-electron chi connectivity index (χ0n) is 18.5. The molecular weight excluding hydrogens is 508 g/mol. The van der Waals surface area contributed by atoms with E-state index in [1.807, 2.05) is 0 Å². The first-order chi connectivity index (χ1) is 16.3. The predicted octanol–water partition coefficient (Wildman–Crippen LogP) is 4.93. The number of rotatable bonds is 7. The first-order valence-electron chi connectivity index (χ1n) is 10.4. The molecule has 2 N–H and O–H groups in total. The van der Waals surface area contributed by atoms with Gasteiger partial charge in [-0.05, 0) is 50.5 Å². The fourth-order valence-corrected chi connectivity index (χ4v) is 5.71. The van der Waals surface area contributed by atoms with Gasteiger partial charge in [0, 0.05) is 23.3 Å². The summed E-state index contributed by atoms with van der Waals surface area (Å²) in [5, 5.41) is 3.99. The molecule has 186 valence electrons. The van der Waals surface area contributed by atoms with E-state index in [0.717, 1.165) is 23.5 Å². The summed E-state index contributed by atoms with van der Waals surface area (Å²) < 4.78 is 80.3. The van der Waals surface area contributed by atoms with E-state index in [1.165, 1.54) is 18.3 Å². The summed E-state index contributed by atoms with van der Waals surface area (Å²) >= 11 is 1.06. The molecule has 35 heavy (non-hydrogen) atoms. The van der Waals surface area contributed by atoms with Crippen LogP contribution in [0.5, 0.6) is 0 Å². The fourth-order valence-electron chi connectivity index (χ4n) is 3.24. The van der Waals surface area contributed by atoms with Crippen molar-refractivity contribution in [2.75, 3.05) is 4.72 Å². The van der Waals surface area contributed by atoms with Crippen LogP contribution in [0.15, 0.2) is 42.0 Å². The third kappa shape index (κ3) is 5.61. The monoisotopic (exact) mass is 528 g/mol. The standard InChI is InChI=1S/C22H20F4N4O3S2/c1-21(2,18-11-34-20(28-18)30-35(32,33)15-4-5-15)29-19(31)16-6-3-12(8-17(16)23)13-7-14(10-27-9-13)22(24,25)26/h3,6-11,15H,4-5H2,1-2H3,(H,28,30)(H,29,31). The highest BCUT2D eigenvalue weighted by Gasteiger charge is 2.37. The van der Waals surface area contributed by atoms with Gasteiger partial charge in [0.05, 0.1) is 27.6 Å². The summed E-state index contributed by atoms with van der Waals surface area (Å²) in [6, 6.07) is 4.32. The Balaban J connectivity index is 1.50. The SMILES string of the molecule is CC(C)(NC(=O)c1ccc(-c2cncc(C(F)(F)F)c2)cc1F)c1csc(NS(=O)(=O)C2CC2)n1. The number of sulfonamides is 1. The van der Waals surface area contributed by atoms with Crippen LogP contribution in [-0.4, -0.2) is 29.5 Å². The maximum atomic E-state index is 14.8. The molecule has 1 aliphatic carbocycles. The molecule has 0 saturated heterocycles. The molecule has 1 fully saturated rings. The average Bonchev–Trinajstić information content (AvgIpc) is 3.53. The number of benzene rings is 1. The van der Waals surface area contributed by atoms with Gasteiger partial charge in [-0.3, -0.25) is 14.5 Å². The number of nitrogens with zero attached hydrogens (tertiary/aromatic N) is 2. The van der Waals surface area contributed by atoms with Crippen LogP contribution in [0.25, 0.3) is 11.1 Å². The number of halogens is 4. The van der Waals surface area contributed by atoms with Crippen molar-refractivity contribution in [1.29, 1.82) is 0 Å². The van der Waals surface area contributed by atoms with E-state index in [9.17, 15) is 30.8 Å². The van der Waals surface area contributed by atoms with Crippen LogP contribution in [0.4, 0.5) is 22.7 Å². The molecule has 0 spiro atoms. The molecule has 0 bridgehead atoms. The van der Waals surface area contributed by atoms with Crippen molar-refractivity contribution in [1.82, 2.24) is 15.3 Å². The lowest BCUT2D eigenvalue weighted by Crippen LogP contribution is -2.41. The van der Waals surface area contributed by atoms with Crippen LogP contribution in [0.1, 0.15) is 48.3 Å². The molecule has 1 amide bonds. The number of alkyl halides is 3. The molecule has 0 unspecified atom stereocenters. The van der Waals surface area contributed by atoms with Gasteiger partial charge in [-0.1, -0.05) is 6.07 Å². The maximum Gasteiger partial charge on any atom is 0.417 e. The fraction of sp³-hybridized carbons (Fsp3) is 0.318. The van der Waals surface area contributed by atoms with Gasteiger partial charge in [0.2, 0.25) is 10.0 Å². The number of thiazole rings is 1. The molecular formula is C22H20F4N4O3S2. The Kier molecular flexibility index (Phi) is 6.34. The highest BCUT2D eigenvalue weighted by Crippen LogP contribution is 2.33. The molecule has 2 aromatic heterocycles. The van der Waals surface area contributed by atoms with Crippen molar-refractivity contribution < 1.29 is 30.8 Å². The summed E-state index contributed by atoms with van der Waals surface area (Å²) in [6.07, 6.45) is -1.55. The van der Waals surface area contributed by atoms with Gasteiger partial charge < -0.3 is 5.32 Å². The predicted molar refractivity (Wildman–Crippen MR) is 123 cm³/mol. The molecule has 7 nitrogen and oxygen atoms in total. The van der Waals surface area contributed by atoms with E-state index in [1.54, 1.807) is 19.2 Å². The zero-order valence-corrected chi connectivity index (χ0v) is 20.1. The van der Waals surface area contributed by atoms with Crippen LogP contribution in [0.3, 0.4) is 0 Å². The smallest absolute Gasteiger partial charge is 0.341 e. The van der Waals surface area contributed by atoms with E-state index in [-0.39, 0.29) is 21.8 Å². The topological polar surface area (TPSA) is 101 Å². The second-order valence-corrected chi connectivity index (χ2v) is 11.4. The van der Waals surface area contributed by atoms with Gasteiger partial charge in [-0.15, -0.1) is 11.3 Å². The summed E-state index contributed by atoms with van der Waals surface area (Å²) in [6.45, 7) is 3.25. The Morgan fingerprint density at radius 1 is 1.11 bits per heavy atom. The van der Waals surface area contributed by atoms with Crippen molar-refractivity contribution in [2.24, 2.45) is 0 Å². The Bertz CT molecular complexity index is 1380. The second kappa shape index (κ2) is 8.86. The first-order valence-corrected chi connectivity index (χ1v) is 12.8. The maximum absolute atomic E-state index is 14.8. The number of carbonyl (C=O) groups excluding carboxylic acids is 1. The van der Waals surface area contributed by atoms with Crippen molar-refractivity contribution in [3.8, 4) is 11.1 Å². The van der Waals surface area contributed by atoms with Gasteiger partial charge in [-0.2, -0.15) is 13.2 Å². The number of hydrogen-bond acceptors (Lipinski definition) is 6. The minimum absolute atomic E-state index is 0.0506. The van der Waals surface area contributed by atoms with Crippen LogP contribution >= 0.6 is 11.3 Å². The summed E-state index contributed by atoms with van der Waals surface area (Å²) in [5.41, 5.74) is -1.81. The van der Waals surface area contributed by atoms with Crippen molar-refractivity contribution in [3.05, 3.63) is 64.7 Å². The zero-order chi connectivity index (χ0) is 25.6. The number of carbonyl (C=O) groups is 1. The minimum Gasteiger partial charge on any atom is -0.341 e. The third-order valence-corrected chi connectivity index (χ3v) is 8.09. The van der Waals surface area contributed by atoms with E-state index >= 15 is 0 Å². The Labute approximate surface area is 202 Å². The molecule has 2 heterocycles. The quantitative estimate of drug-likeness (QED) is 0.424. The Hall–Kier alpha value is -3.06. The third-order valence-electron chi connectivity index (χ3n) is 5.38. The number of anilines is 1. The largest absolute Gasteiger partial charge is 0.417 e. The van der Waals surface area contributed by atoms with Crippen LogP contribution in [0, 0.1) is 5.82 Å². The van der Waals surface area contributed by atoms with E-state index < -0.39 is 44.3 Å². The average molecular weight is 529 g/mol. The van der Waals surface area contributed by atoms with E-state index in [2.05, 4.69) is 20.0 Å². The second-order valence-electron chi connectivity index (χ2n) is 8.62. The van der Waals surface area contributed by atoms with Crippen molar-refractivity contribution >= 4 is 32.4 Å². The Morgan fingerprint density at radius 3 is 2.46 bits per heavy atom. The van der Waals surface area contributed by atoms with Gasteiger partial charge in [0.15, 0.2) is 5.13 Å². The minimum atomic E-state index is -4.60. The molecule has 0 atom stereocenters.